The molecule has 1 heterocycles. The van der Waals surface area contributed by atoms with Crippen molar-refractivity contribution in [2.24, 2.45) is 0 Å². The van der Waals surface area contributed by atoms with Crippen molar-refractivity contribution in [3.05, 3.63) is 35.6 Å². The van der Waals surface area contributed by atoms with Crippen LogP contribution in [0.25, 0.3) is 0 Å². The lowest BCUT2D eigenvalue weighted by atomic mass is 10.1. The van der Waals surface area contributed by atoms with E-state index in [1.54, 1.807) is 0 Å². The van der Waals surface area contributed by atoms with Crippen LogP contribution in [0.3, 0.4) is 0 Å². The van der Waals surface area contributed by atoms with E-state index in [1.807, 2.05) is 13.0 Å². The zero-order valence-corrected chi connectivity index (χ0v) is 12.7. The molecule has 3 nitrogen and oxygen atoms in total. The first kappa shape index (κ1) is 14.9. The van der Waals surface area contributed by atoms with E-state index in [1.165, 1.54) is 18.4 Å². The summed E-state index contributed by atoms with van der Waals surface area (Å²) < 4.78 is 10.6. The van der Waals surface area contributed by atoms with Crippen molar-refractivity contribution in [1.82, 2.24) is 0 Å². The fraction of sp³-hybridized carbons (Fsp3) is 0.500. The summed E-state index contributed by atoms with van der Waals surface area (Å²) in [5, 5.41) is 1.31. The monoisotopic (exact) mass is 266 g/mol. The summed E-state index contributed by atoms with van der Waals surface area (Å²) in [6.07, 6.45) is 7.34. The summed E-state index contributed by atoms with van der Waals surface area (Å²) in [4.78, 5) is 10.9. The molecule has 4 heteroatoms. The van der Waals surface area contributed by atoms with Crippen molar-refractivity contribution in [3.63, 3.8) is 0 Å². The van der Waals surface area contributed by atoms with E-state index in [-0.39, 0.29) is 12.1 Å². The second kappa shape index (κ2) is 6.16. The van der Waals surface area contributed by atoms with Gasteiger partial charge in [-0.1, -0.05) is 24.3 Å². The molecule has 1 unspecified atom stereocenters. The minimum absolute atomic E-state index is 0.153. The van der Waals surface area contributed by atoms with E-state index >= 15 is 0 Å². The third kappa shape index (κ3) is 3.96. The molecule has 0 bridgehead atoms. The van der Waals surface area contributed by atoms with Gasteiger partial charge in [0.05, 0.1) is 13.2 Å². The van der Waals surface area contributed by atoms with Gasteiger partial charge in [-0.05, 0) is 38.1 Å². The van der Waals surface area contributed by atoms with E-state index in [2.05, 4.69) is 30.5 Å². The van der Waals surface area contributed by atoms with Gasteiger partial charge in [0.1, 0.15) is 0 Å². The summed E-state index contributed by atoms with van der Waals surface area (Å²) in [5.74, 6) is -0.310. The summed E-state index contributed by atoms with van der Waals surface area (Å²) in [7, 11) is -0.361. The average Bonchev–Trinajstić information content (AvgIpc) is 2.59. The molecule has 0 aliphatic carbocycles. The van der Waals surface area contributed by atoms with E-state index < -0.39 is 8.32 Å². The highest BCUT2D eigenvalue weighted by molar-refractivity contribution is 6.80. The third-order valence-electron chi connectivity index (χ3n) is 2.98. The fourth-order valence-corrected chi connectivity index (χ4v) is 4.85. The molecule has 1 atom stereocenters. The number of carbonyl (C=O) groups is 1. The van der Waals surface area contributed by atoms with Crippen molar-refractivity contribution in [2.45, 2.75) is 39.0 Å². The topological polar surface area (TPSA) is 35.5 Å². The first-order chi connectivity index (χ1) is 8.36. The highest BCUT2D eigenvalue weighted by atomic mass is 28.4. The minimum atomic E-state index is -1.74. The van der Waals surface area contributed by atoms with Crippen LogP contribution in [0.5, 0.6) is 0 Å². The second-order valence-electron chi connectivity index (χ2n) is 5.03. The molecule has 0 spiro atoms. The zero-order chi connectivity index (χ0) is 13.8. The smallest absolute Gasteiger partial charge is 0.330 e. The van der Waals surface area contributed by atoms with Crippen LogP contribution in [0.15, 0.2) is 35.6 Å². The molecule has 0 N–H and O–H groups in total. The Labute approximate surface area is 110 Å². The maximum atomic E-state index is 10.9. The lowest BCUT2D eigenvalue weighted by Crippen LogP contribution is -2.31. The molecular formula is C14H22O3Si. The van der Waals surface area contributed by atoms with E-state index in [9.17, 15) is 4.79 Å². The van der Waals surface area contributed by atoms with Crippen molar-refractivity contribution in [1.29, 1.82) is 0 Å². The van der Waals surface area contributed by atoms with Crippen molar-refractivity contribution in [2.75, 3.05) is 7.11 Å². The first-order valence-electron chi connectivity index (χ1n) is 6.17. The van der Waals surface area contributed by atoms with Crippen LogP contribution in [0.1, 0.15) is 19.8 Å². The van der Waals surface area contributed by atoms with Crippen molar-refractivity contribution < 1.29 is 14.0 Å². The van der Waals surface area contributed by atoms with Crippen LogP contribution < -0.4 is 0 Å². The van der Waals surface area contributed by atoms with Gasteiger partial charge in [0.25, 0.3) is 0 Å². The van der Waals surface area contributed by atoms with Gasteiger partial charge < -0.3 is 9.16 Å². The molecule has 0 aromatic rings. The number of ether oxygens (including phenoxy) is 1. The maximum absolute atomic E-state index is 10.9. The Morgan fingerprint density at radius 1 is 1.61 bits per heavy atom. The lowest BCUT2D eigenvalue weighted by molar-refractivity contribution is -0.134. The van der Waals surface area contributed by atoms with Crippen molar-refractivity contribution in [3.8, 4) is 0 Å². The van der Waals surface area contributed by atoms with Crippen LogP contribution in [-0.4, -0.2) is 27.5 Å². The molecule has 1 rings (SSSR count). The number of carbonyl (C=O) groups excluding carboxylic acids is 1. The van der Waals surface area contributed by atoms with Gasteiger partial charge >= 0.3 is 5.97 Å². The SMILES string of the molecule is C=C(C)C1=CC(CC/C=C/C(=O)OC)O[Si]1(C)C. The molecule has 1 aliphatic rings. The zero-order valence-electron chi connectivity index (χ0n) is 11.7. The van der Waals surface area contributed by atoms with Crippen molar-refractivity contribution >= 4 is 14.3 Å². The van der Waals surface area contributed by atoms with E-state index in [0.717, 1.165) is 18.4 Å². The molecule has 0 saturated heterocycles. The Morgan fingerprint density at radius 2 is 2.28 bits per heavy atom. The number of allylic oxidation sites excluding steroid dienone is 3. The maximum Gasteiger partial charge on any atom is 0.330 e. The van der Waals surface area contributed by atoms with Gasteiger partial charge in [-0.15, -0.1) is 0 Å². The summed E-state index contributed by atoms with van der Waals surface area (Å²) in [5.41, 5.74) is 1.11. The van der Waals surface area contributed by atoms with Gasteiger partial charge in [0.2, 0.25) is 8.32 Å². The first-order valence-corrected chi connectivity index (χ1v) is 9.08. The quantitative estimate of drug-likeness (QED) is 0.436. The van der Waals surface area contributed by atoms with E-state index in [4.69, 9.17) is 4.43 Å². The van der Waals surface area contributed by atoms with Crippen LogP contribution in [0.2, 0.25) is 13.1 Å². The molecule has 0 aromatic heterocycles. The third-order valence-corrected chi connectivity index (χ3v) is 5.76. The molecule has 0 saturated carbocycles. The molecule has 1 aliphatic heterocycles. The number of hydrogen-bond donors (Lipinski definition) is 0. The van der Waals surface area contributed by atoms with Gasteiger partial charge in [-0.25, -0.2) is 4.79 Å². The fourth-order valence-electron chi connectivity index (χ4n) is 2.17. The largest absolute Gasteiger partial charge is 0.466 e. The Balaban J connectivity index is 2.49. The predicted octanol–water partition coefficient (Wildman–Crippen LogP) is 3.14. The Bertz CT molecular complexity index is 394. The average molecular weight is 266 g/mol. The minimum Gasteiger partial charge on any atom is -0.466 e. The van der Waals surface area contributed by atoms with Gasteiger partial charge in [-0.2, -0.15) is 0 Å². The molecule has 0 fully saturated rings. The summed E-state index contributed by atoms with van der Waals surface area (Å²) in [6.45, 7) is 10.4. The molecule has 0 radical (unpaired) electrons. The normalized spacial score (nSPS) is 22.0. The summed E-state index contributed by atoms with van der Waals surface area (Å²) in [6, 6.07) is 0. The standard InChI is InChI=1S/C14H22O3Si/c1-11(2)13-10-12(17-18(13,4)5)8-6-7-9-14(15)16-3/h7,9-10,12H,1,6,8H2,2-5H3/b9-7+. The highest BCUT2D eigenvalue weighted by Gasteiger charge is 2.36. The Hall–Kier alpha value is -1.13. The number of rotatable bonds is 5. The Kier molecular flexibility index (Phi) is 5.11. The molecule has 0 aromatic carbocycles. The van der Waals surface area contributed by atoms with Crippen LogP contribution in [-0.2, 0) is 14.0 Å². The van der Waals surface area contributed by atoms with Gasteiger partial charge in [-0.3, -0.25) is 0 Å². The van der Waals surface area contributed by atoms with Gasteiger partial charge in [0.15, 0.2) is 0 Å². The lowest BCUT2D eigenvalue weighted by Gasteiger charge is -2.21. The predicted molar refractivity (Wildman–Crippen MR) is 75.6 cm³/mol. The number of methoxy groups -OCH3 is 1. The highest BCUT2D eigenvalue weighted by Crippen LogP contribution is 2.32. The molecular weight excluding hydrogens is 244 g/mol. The molecule has 0 amide bonds. The Morgan fingerprint density at radius 3 is 2.78 bits per heavy atom. The summed E-state index contributed by atoms with van der Waals surface area (Å²) >= 11 is 0. The number of hydrogen-bond acceptors (Lipinski definition) is 3. The van der Waals surface area contributed by atoms with Crippen LogP contribution in [0.4, 0.5) is 0 Å². The number of esters is 1. The second-order valence-corrected chi connectivity index (χ2v) is 8.83. The van der Waals surface area contributed by atoms with Crippen LogP contribution in [0, 0.1) is 0 Å². The van der Waals surface area contributed by atoms with Gasteiger partial charge in [0, 0.05) is 6.08 Å². The molecule has 18 heavy (non-hydrogen) atoms. The van der Waals surface area contributed by atoms with E-state index in [0.29, 0.717) is 0 Å². The van der Waals surface area contributed by atoms with Crippen LogP contribution >= 0.6 is 0 Å². The molecule has 100 valence electrons.